The van der Waals surface area contributed by atoms with Gasteiger partial charge in [-0.25, -0.2) is 8.42 Å². The van der Waals surface area contributed by atoms with Gasteiger partial charge in [0, 0.05) is 11.9 Å². The molecule has 1 heterocycles. The largest absolute Gasteiger partial charge is 0.355 e. The molecule has 130 valence electrons. The van der Waals surface area contributed by atoms with Gasteiger partial charge in [-0.05, 0) is 36.9 Å². The van der Waals surface area contributed by atoms with Crippen molar-refractivity contribution in [2.24, 2.45) is 5.73 Å². The molecule has 2 aromatic rings. The van der Waals surface area contributed by atoms with Gasteiger partial charge in [0.2, 0.25) is 5.91 Å². The third-order valence-corrected chi connectivity index (χ3v) is 5.72. The minimum Gasteiger partial charge on any atom is -0.355 e. The number of carbonyl (C=O) groups is 1. The van der Waals surface area contributed by atoms with Gasteiger partial charge < -0.3 is 11.1 Å². The molecule has 6 nitrogen and oxygen atoms in total. The van der Waals surface area contributed by atoms with E-state index in [0.29, 0.717) is 24.2 Å². The van der Waals surface area contributed by atoms with Crippen LogP contribution >= 0.6 is 12.4 Å². The predicted octanol–water partition coefficient (Wildman–Crippen LogP) is 1.63. The van der Waals surface area contributed by atoms with Gasteiger partial charge in [0.05, 0.1) is 10.6 Å². The lowest BCUT2D eigenvalue weighted by molar-refractivity contribution is -0.119. The highest BCUT2D eigenvalue weighted by molar-refractivity contribution is 7.93. The van der Waals surface area contributed by atoms with Gasteiger partial charge >= 0.3 is 0 Å². The van der Waals surface area contributed by atoms with E-state index < -0.39 is 10.0 Å². The summed E-state index contributed by atoms with van der Waals surface area (Å²) in [6.45, 7) is 0.869. The number of unbranched alkanes of at least 4 members (excludes halogenated alkanes) is 1. The van der Waals surface area contributed by atoms with Crippen LogP contribution in [0, 0.1) is 0 Å². The van der Waals surface area contributed by atoms with Crippen LogP contribution in [0.15, 0.2) is 41.3 Å². The molecule has 3 N–H and O–H groups in total. The predicted molar refractivity (Wildman–Crippen MR) is 97.0 cm³/mol. The van der Waals surface area contributed by atoms with Gasteiger partial charge in [0.15, 0.2) is 0 Å². The second-order valence-corrected chi connectivity index (χ2v) is 7.32. The molecule has 0 saturated carbocycles. The van der Waals surface area contributed by atoms with Crippen molar-refractivity contribution in [3.05, 3.63) is 36.4 Å². The Balaban J connectivity index is 0.00000208. The Kier molecular flexibility index (Phi) is 5.69. The first-order valence-electron chi connectivity index (χ1n) is 7.57. The summed E-state index contributed by atoms with van der Waals surface area (Å²) in [5, 5.41) is 4.28. The van der Waals surface area contributed by atoms with Crippen molar-refractivity contribution in [1.29, 1.82) is 0 Å². The molecule has 0 bridgehead atoms. The number of rotatable bonds is 6. The lowest BCUT2D eigenvalue weighted by Gasteiger charge is -2.18. The molecule has 1 aliphatic rings. The molecule has 0 radical (unpaired) electrons. The summed E-state index contributed by atoms with van der Waals surface area (Å²) in [7, 11) is -3.68. The number of sulfonamides is 1. The highest BCUT2D eigenvalue weighted by Gasteiger charge is 2.36. The highest BCUT2D eigenvalue weighted by atomic mass is 35.5. The summed E-state index contributed by atoms with van der Waals surface area (Å²) in [5.74, 6) is -0.310. The van der Waals surface area contributed by atoms with Crippen LogP contribution in [0.4, 0.5) is 5.69 Å². The molecule has 0 aromatic heterocycles. The van der Waals surface area contributed by atoms with Crippen LogP contribution in [0.2, 0.25) is 0 Å². The molecule has 2 aromatic carbocycles. The Morgan fingerprint density at radius 1 is 1.12 bits per heavy atom. The van der Waals surface area contributed by atoms with Gasteiger partial charge in [-0.3, -0.25) is 9.10 Å². The maximum absolute atomic E-state index is 12.7. The van der Waals surface area contributed by atoms with Gasteiger partial charge in [0.25, 0.3) is 10.0 Å². The molecule has 3 rings (SSSR count). The molecule has 1 aliphatic heterocycles. The maximum atomic E-state index is 12.7. The lowest BCUT2D eigenvalue weighted by Crippen LogP contribution is -2.39. The number of benzene rings is 2. The van der Waals surface area contributed by atoms with Crippen LogP contribution in [0.5, 0.6) is 0 Å². The zero-order valence-corrected chi connectivity index (χ0v) is 14.7. The number of anilines is 1. The van der Waals surface area contributed by atoms with Crippen molar-refractivity contribution in [1.82, 2.24) is 5.32 Å². The van der Waals surface area contributed by atoms with E-state index in [-0.39, 0.29) is 29.8 Å². The Bertz CT molecular complexity index is 850. The monoisotopic (exact) mass is 369 g/mol. The van der Waals surface area contributed by atoms with Crippen LogP contribution in [-0.4, -0.2) is 34.0 Å². The maximum Gasteiger partial charge on any atom is 0.265 e. The first-order chi connectivity index (χ1) is 11.1. The van der Waals surface area contributed by atoms with E-state index >= 15 is 0 Å². The van der Waals surface area contributed by atoms with Gasteiger partial charge in [-0.15, -0.1) is 12.4 Å². The third kappa shape index (κ3) is 3.19. The summed E-state index contributed by atoms with van der Waals surface area (Å²) in [6, 6.07) is 10.6. The van der Waals surface area contributed by atoms with Crippen molar-refractivity contribution < 1.29 is 13.2 Å². The van der Waals surface area contributed by atoms with E-state index in [0.717, 1.165) is 18.2 Å². The van der Waals surface area contributed by atoms with E-state index in [2.05, 4.69) is 5.32 Å². The molecule has 0 unspecified atom stereocenters. The van der Waals surface area contributed by atoms with Crippen molar-refractivity contribution >= 4 is 44.8 Å². The Morgan fingerprint density at radius 3 is 2.54 bits per heavy atom. The Labute approximate surface area is 147 Å². The van der Waals surface area contributed by atoms with Crippen LogP contribution in [0.25, 0.3) is 10.8 Å². The van der Waals surface area contributed by atoms with Crippen molar-refractivity contribution in [3.63, 3.8) is 0 Å². The Hall–Kier alpha value is -1.83. The lowest BCUT2D eigenvalue weighted by atomic mass is 10.1. The molecular formula is C16H20ClN3O3S. The van der Waals surface area contributed by atoms with Gasteiger partial charge in [-0.1, -0.05) is 24.3 Å². The number of nitrogens with two attached hydrogens (primary N) is 1. The molecule has 0 fully saturated rings. The fraction of sp³-hybridized carbons (Fsp3) is 0.312. The second kappa shape index (κ2) is 7.38. The summed E-state index contributed by atoms with van der Waals surface area (Å²) < 4.78 is 26.6. The fourth-order valence-corrected chi connectivity index (χ4v) is 4.48. The average molecular weight is 370 g/mol. The number of carbonyl (C=O) groups excluding carboxylic acids is 1. The quantitative estimate of drug-likeness (QED) is 0.757. The van der Waals surface area contributed by atoms with Crippen LogP contribution in [0.1, 0.15) is 12.8 Å². The van der Waals surface area contributed by atoms with Gasteiger partial charge in [-0.2, -0.15) is 0 Å². The zero-order chi connectivity index (χ0) is 16.4. The normalized spacial score (nSPS) is 14.5. The Morgan fingerprint density at radius 2 is 1.83 bits per heavy atom. The van der Waals surface area contributed by atoms with E-state index in [1.54, 1.807) is 24.3 Å². The summed E-state index contributed by atoms with van der Waals surface area (Å²) in [5.41, 5.74) is 5.97. The fourth-order valence-electron chi connectivity index (χ4n) is 2.81. The van der Waals surface area contributed by atoms with Gasteiger partial charge in [0.1, 0.15) is 6.54 Å². The molecule has 0 atom stereocenters. The molecular weight excluding hydrogens is 350 g/mol. The van der Waals surface area contributed by atoms with Crippen LogP contribution in [-0.2, 0) is 14.8 Å². The number of nitrogens with zero attached hydrogens (tertiary/aromatic N) is 1. The number of halogens is 1. The molecule has 8 heteroatoms. The molecule has 0 aliphatic carbocycles. The first-order valence-corrected chi connectivity index (χ1v) is 9.01. The third-order valence-electron chi connectivity index (χ3n) is 3.92. The minimum absolute atomic E-state index is 0. The van der Waals surface area contributed by atoms with Crippen molar-refractivity contribution in [2.45, 2.75) is 17.7 Å². The molecule has 0 spiro atoms. The average Bonchev–Trinajstić information content (AvgIpc) is 2.75. The zero-order valence-electron chi connectivity index (χ0n) is 13.1. The SMILES string of the molecule is Cl.NCCCCNC(=O)CN1c2cccc3cccc(c23)S1(=O)=O. The standard InChI is InChI=1S/C16H19N3O3S.ClH/c17-9-1-2-10-18-15(20)11-19-13-7-3-5-12-6-4-8-14(16(12)13)23(19,21)22;/h3-8H,1-2,9-11,17H2,(H,18,20);1H. The van der Waals surface area contributed by atoms with E-state index in [1.807, 2.05) is 12.1 Å². The topological polar surface area (TPSA) is 92.5 Å². The van der Waals surface area contributed by atoms with Crippen LogP contribution in [0.3, 0.4) is 0 Å². The van der Waals surface area contributed by atoms with E-state index in [9.17, 15) is 13.2 Å². The van der Waals surface area contributed by atoms with E-state index in [4.69, 9.17) is 5.73 Å². The van der Waals surface area contributed by atoms with E-state index in [1.165, 1.54) is 4.31 Å². The van der Waals surface area contributed by atoms with Crippen molar-refractivity contribution in [3.8, 4) is 0 Å². The smallest absolute Gasteiger partial charge is 0.265 e. The number of hydrogen-bond acceptors (Lipinski definition) is 4. The second-order valence-electron chi connectivity index (χ2n) is 5.49. The van der Waals surface area contributed by atoms with Crippen molar-refractivity contribution in [2.75, 3.05) is 23.9 Å². The summed E-state index contributed by atoms with van der Waals surface area (Å²) >= 11 is 0. The number of nitrogens with one attached hydrogen (secondary N) is 1. The summed E-state index contributed by atoms with van der Waals surface area (Å²) in [6.07, 6.45) is 1.61. The molecule has 24 heavy (non-hydrogen) atoms. The van der Waals surface area contributed by atoms with Crippen LogP contribution < -0.4 is 15.4 Å². The number of hydrogen-bond donors (Lipinski definition) is 2. The first kappa shape index (κ1) is 18.5. The summed E-state index contributed by atoms with van der Waals surface area (Å²) in [4.78, 5) is 12.3. The molecule has 1 amide bonds. The minimum atomic E-state index is -3.68. The highest BCUT2D eigenvalue weighted by Crippen LogP contribution is 2.41. The number of amides is 1. The molecule has 0 saturated heterocycles.